The van der Waals surface area contributed by atoms with Crippen LogP contribution < -0.4 is 5.32 Å². The molecule has 2 aromatic carbocycles. The molecule has 0 unspecified atom stereocenters. The predicted molar refractivity (Wildman–Crippen MR) is 109 cm³/mol. The Kier molecular flexibility index (Phi) is 5.45. The molecule has 3 aromatic rings. The van der Waals surface area contributed by atoms with Crippen LogP contribution in [0.1, 0.15) is 11.4 Å². The smallest absolute Gasteiger partial charge is 0.243 e. The highest BCUT2D eigenvalue weighted by Crippen LogP contribution is 2.19. The van der Waals surface area contributed by atoms with E-state index >= 15 is 0 Å². The Bertz CT molecular complexity index is 1020. The number of benzene rings is 2. The Morgan fingerprint density at radius 3 is 2.68 bits per heavy atom. The molecule has 2 N–H and O–H groups in total. The summed E-state index contributed by atoms with van der Waals surface area (Å²) in [5.41, 5.74) is 2.75. The van der Waals surface area contributed by atoms with Crippen molar-refractivity contribution < 1.29 is 8.42 Å². The van der Waals surface area contributed by atoms with Crippen LogP contribution in [-0.2, 0) is 23.1 Å². The van der Waals surface area contributed by atoms with Gasteiger partial charge in [0, 0.05) is 39.8 Å². The number of nitrogens with zero attached hydrogens (tertiary/aromatic N) is 3. The minimum Gasteiger partial charge on any atom is -0.341 e. The molecule has 28 heavy (non-hydrogen) atoms. The first kappa shape index (κ1) is 19.1. The molecule has 0 saturated carbocycles. The fourth-order valence-corrected chi connectivity index (χ4v) is 4.69. The Morgan fingerprint density at radius 1 is 1.11 bits per heavy atom. The van der Waals surface area contributed by atoms with Crippen molar-refractivity contribution in [2.45, 2.75) is 18.0 Å². The molecule has 148 valence electrons. The quantitative estimate of drug-likeness (QED) is 0.661. The maximum Gasteiger partial charge on any atom is 0.243 e. The van der Waals surface area contributed by atoms with Gasteiger partial charge < -0.3 is 10.3 Å². The number of sulfonamides is 1. The lowest BCUT2D eigenvalue weighted by Gasteiger charge is -2.27. The highest BCUT2D eigenvalue weighted by Gasteiger charge is 2.22. The second-order valence-electron chi connectivity index (χ2n) is 7.14. The van der Waals surface area contributed by atoms with E-state index in [-0.39, 0.29) is 6.54 Å². The van der Waals surface area contributed by atoms with Crippen LogP contribution in [-0.4, -0.2) is 60.8 Å². The van der Waals surface area contributed by atoms with E-state index in [2.05, 4.69) is 20.2 Å². The van der Waals surface area contributed by atoms with Crippen molar-refractivity contribution in [1.29, 1.82) is 0 Å². The second kappa shape index (κ2) is 8.00. The van der Waals surface area contributed by atoms with E-state index in [9.17, 15) is 8.42 Å². The Labute approximate surface area is 165 Å². The van der Waals surface area contributed by atoms with Crippen molar-refractivity contribution in [3.8, 4) is 0 Å². The molecular formula is C20H25N5O2S. The maximum absolute atomic E-state index is 13.1. The molecule has 0 bridgehead atoms. The van der Waals surface area contributed by atoms with E-state index in [1.165, 1.54) is 4.31 Å². The van der Waals surface area contributed by atoms with Crippen LogP contribution in [0.2, 0.25) is 0 Å². The minimum atomic E-state index is -3.60. The lowest BCUT2D eigenvalue weighted by molar-refractivity contribution is 0.233. The topological polar surface area (TPSA) is 81.3 Å². The van der Waals surface area contributed by atoms with Gasteiger partial charge in [-0.2, -0.15) is 4.31 Å². The summed E-state index contributed by atoms with van der Waals surface area (Å²) < 4.78 is 27.5. The van der Waals surface area contributed by atoms with Gasteiger partial charge in [0.05, 0.1) is 22.5 Å². The number of aromatic amines is 1. The summed E-state index contributed by atoms with van der Waals surface area (Å²) in [4.78, 5) is 10.3. The third-order valence-corrected chi connectivity index (χ3v) is 6.83. The number of nitrogens with one attached hydrogen (secondary N) is 2. The van der Waals surface area contributed by atoms with Gasteiger partial charge in [0.2, 0.25) is 10.0 Å². The number of H-pyrrole nitrogens is 1. The molecule has 4 rings (SSSR count). The number of aromatic nitrogens is 2. The summed E-state index contributed by atoms with van der Waals surface area (Å²) in [5, 5.41) is 3.33. The minimum absolute atomic E-state index is 0.193. The third-order valence-electron chi connectivity index (χ3n) is 5.03. The second-order valence-corrected chi connectivity index (χ2v) is 9.18. The van der Waals surface area contributed by atoms with E-state index < -0.39 is 10.0 Å². The summed E-state index contributed by atoms with van der Waals surface area (Å²) in [6.07, 6.45) is 0. The van der Waals surface area contributed by atoms with Gasteiger partial charge in [-0.15, -0.1) is 0 Å². The van der Waals surface area contributed by atoms with Crippen molar-refractivity contribution in [3.63, 3.8) is 0 Å². The van der Waals surface area contributed by atoms with Gasteiger partial charge in [0.15, 0.2) is 0 Å². The molecule has 1 saturated heterocycles. The van der Waals surface area contributed by atoms with Gasteiger partial charge in [0.1, 0.15) is 5.82 Å². The number of rotatable bonds is 6. The molecule has 0 spiro atoms. The summed E-state index contributed by atoms with van der Waals surface area (Å²) >= 11 is 0. The normalized spacial score (nSPS) is 16.1. The fourth-order valence-electron chi connectivity index (χ4n) is 3.49. The highest BCUT2D eigenvalue weighted by atomic mass is 32.2. The summed E-state index contributed by atoms with van der Waals surface area (Å²) in [6.45, 7) is 4.85. The zero-order valence-electron chi connectivity index (χ0n) is 15.9. The van der Waals surface area contributed by atoms with Gasteiger partial charge in [-0.3, -0.25) is 4.90 Å². The average Bonchev–Trinajstić information content (AvgIpc) is 3.11. The first-order valence-corrected chi connectivity index (χ1v) is 10.9. The first-order valence-electron chi connectivity index (χ1n) is 9.44. The summed E-state index contributed by atoms with van der Waals surface area (Å²) in [5.74, 6) is 0.629. The van der Waals surface area contributed by atoms with Crippen molar-refractivity contribution in [2.24, 2.45) is 0 Å². The molecule has 7 nitrogen and oxygen atoms in total. The van der Waals surface area contributed by atoms with Gasteiger partial charge in [-0.05, 0) is 29.8 Å². The van der Waals surface area contributed by atoms with Crippen LogP contribution in [0, 0.1) is 0 Å². The number of hydrogen-bond acceptors (Lipinski definition) is 5. The number of para-hydroxylation sites is 2. The van der Waals surface area contributed by atoms with Gasteiger partial charge >= 0.3 is 0 Å². The lowest BCUT2D eigenvalue weighted by atomic mass is 10.2. The summed E-state index contributed by atoms with van der Waals surface area (Å²) in [6, 6.07) is 14.9. The molecule has 8 heteroatoms. The highest BCUT2D eigenvalue weighted by molar-refractivity contribution is 7.89. The number of imidazole rings is 1. The van der Waals surface area contributed by atoms with Gasteiger partial charge in [-0.25, -0.2) is 13.4 Å². The van der Waals surface area contributed by atoms with Crippen molar-refractivity contribution in [2.75, 3.05) is 33.2 Å². The molecule has 0 atom stereocenters. The lowest BCUT2D eigenvalue weighted by Crippen LogP contribution is -2.42. The van der Waals surface area contributed by atoms with Gasteiger partial charge in [-0.1, -0.05) is 24.3 Å². The molecule has 1 aromatic heterocycles. The Balaban J connectivity index is 1.50. The predicted octanol–water partition coefficient (Wildman–Crippen LogP) is 1.79. The largest absolute Gasteiger partial charge is 0.341 e. The van der Waals surface area contributed by atoms with Crippen molar-refractivity contribution >= 4 is 21.1 Å². The van der Waals surface area contributed by atoms with E-state index in [1.807, 2.05) is 36.4 Å². The van der Waals surface area contributed by atoms with Crippen LogP contribution in [0.5, 0.6) is 0 Å². The first-order chi connectivity index (χ1) is 13.5. The van der Waals surface area contributed by atoms with Crippen LogP contribution >= 0.6 is 0 Å². The SMILES string of the molecule is CN(Cc1nc2ccccc2[nH]1)S(=O)(=O)c1cccc(CN2CCNCC2)c1. The Morgan fingerprint density at radius 2 is 1.89 bits per heavy atom. The van der Waals surface area contributed by atoms with E-state index in [1.54, 1.807) is 19.2 Å². The van der Waals surface area contributed by atoms with Crippen molar-refractivity contribution in [1.82, 2.24) is 24.5 Å². The number of fused-ring (bicyclic) bond motifs is 1. The number of hydrogen-bond donors (Lipinski definition) is 2. The zero-order chi connectivity index (χ0) is 19.6. The third kappa shape index (κ3) is 4.10. The molecule has 1 aliphatic heterocycles. The standard InChI is InChI=1S/C20H25N5O2S/c1-24(15-20-22-18-7-2-3-8-19(18)23-20)28(26,27)17-6-4-5-16(13-17)14-25-11-9-21-10-12-25/h2-8,13,21H,9-12,14-15H2,1H3,(H,22,23). The van der Waals surface area contributed by atoms with Crippen LogP contribution in [0.3, 0.4) is 0 Å². The Hall–Kier alpha value is -2.26. The molecule has 0 amide bonds. The monoisotopic (exact) mass is 399 g/mol. The molecule has 0 radical (unpaired) electrons. The fraction of sp³-hybridized carbons (Fsp3) is 0.350. The number of piperazine rings is 1. The van der Waals surface area contributed by atoms with E-state index in [0.717, 1.165) is 49.3 Å². The molecular weight excluding hydrogens is 374 g/mol. The zero-order valence-corrected chi connectivity index (χ0v) is 16.7. The van der Waals surface area contributed by atoms with E-state index in [0.29, 0.717) is 10.7 Å². The van der Waals surface area contributed by atoms with Gasteiger partial charge in [0.25, 0.3) is 0 Å². The van der Waals surface area contributed by atoms with Crippen LogP contribution in [0.25, 0.3) is 11.0 Å². The molecule has 1 fully saturated rings. The molecule has 2 heterocycles. The molecule has 0 aliphatic carbocycles. The van der Waals surface area contributed by atoms with E-state index in [4.69, 9.17) is 0 Å². The van der Waals surface area contributed by atoms with Crippen LogP contribution in [0.15, 0.2) is 53.4 Å². The maximum atomic E-state index is 13.1. The summed E-state index contributed by atoms with van der Waals surface area (Å²) in [7, 11) is -2.01. The average molecular weight is 400 g/mol. The molecule has 1 aliphatic rings. The van der Waals surface area contributed by atoms with Crippen LogP contribution in [0.4, 0.5) is 0 Å². The van der Waals surface area contributed by atoms with Crippen molar-refractivity contribution in [3.05, 3.63) is 59.9 Å².